The van der Waals surface area contributed by atoms with Gasteiger partial charge in [-0.1, -0.05) is 32.4 Å². The first kappa shape index (κ1) is 24.0. The summed E-state index contributed by atoms with van der Waals surface area (Å²) in [4.78, 5) is 29.1. The van der Waals surface area contributed by atoms with E-state index in [2.05, 4.69) is 46.8 Å². The lowest BCUT2D eigenvalue weighted by atomic mass is 9.57. The standard InChI is InChI=1S/C23H28ClN7O3/c1-13-15(8-18-23(2,3)21(13)30-18)29-16-10-28-31(22(33)20(16)24)12-19(32)27-9-14-4-6-26-11-17(14)34-7-5-25/h4,6,10-11,13,15,18,21,29-30H,7-9,12H2,1-3H3,(H,27,32)/t13?,15-,18+,21-/m1/s1. The molecule has 180 valence electrons. The predicted octanol–water partition coefficient (Wildman–Crippen LogP) is 1.70. The van der Waals surface area contributed by atoms with Crippen LogP contribution >= 0.6 is 11.6 Å². The molecule has 2 aliphatic heterocycles. The Kier molecular flexibility index (Phi) is 6.77. The number of ether oxygens (including phenoxy) is 1. The minimum absolute atomic E-state index is 0.0165. The van der Waals surface area contributed by atoms with E-state index >= 15 is 0 Å². The number of nitriles is 1. The maximum absolute atomic E-state index is 12.7. The van der Waals surface area contributed by atoms with Gasteiger partial charge in [0.15, 0.2) is 6.61 Å². The van der Waals surface area contributed by atoms with Crippen molar-refractivity contribution in [3.63, 3.8) is 0 Å². The number of nitrogens with one attached hydrogen (secondary N) is 3. The highest BCUT2D eigenvalue weighted by Gasteiger charge is 2.56. The summed E-state index contributed by atoms with van der Waals surface area (Å²) in [5.41, 5.74) is 0.870. The third-order valence-electron chi connectivity index (χ3n) is 6.99. The number of hydrogen-bond donors (Lipinski definition) is 3. The highest BCUT2D eigenvalue weighted by Crippen LogP contribution is 2.47. The number of carbonyl (C=O) groups is 1. The van der Waals surface area contributed by atoms with E-state index in [1.54, 1.807) is 12.3 Å². The maximum Gasteiger partial charge on any atom is 0.288 e. The molecule has 2 bridgehead atoms. The van der Waals surface area contributed by atoms with Crippen molar-refractivity contribution >= 4 is 23.2 Å². The summed E-state index contributed by atoms with van der Waals surface area (Å²) in [5.74, 6) is 0.356. The highest BCUT2D eigenvalue weighted by molar-refractivity contribution is 6.32. The van der Waals surface area contributed by atoms with Crippen LogP contribution in [0.15, 0.2) is 29.5 Å². The molecule has 4 heterocycles. The van der Waals surface area contributed by atoms with Crippen LogP contribution in [0.1, 0.15) is 32.8 Å². The van der Waals surface area contributed by atoms with Gasteiger partial charge in [0.25, 0.3) is 5.56 Å². The largest absolute Gasteiger partial charge is 0.477 e. The minimum Gasteiger partial charge on any atom is -0.477 e. The van der Waals surface area contributed by atoms with Crippen LogP contribution < -0.4 is 26.2 Å². The predicted molar refractivity (Wildman–Crippen MR) is 126 cm³/mol. The molecular weight excluding hydrogens is 458 g/mol. The average molecular weight is 486 g/mol. The van der Waals surface area contributed by atoms with Crippen molar-refractivity contribution < 1.29 is 9.53 Å². The molecule has 3 N–H and O–H groups in total. The zero-order chi connectivity index (χ0) is 24.5. The van der Waals surface area contributed by atoms with Gasteiger partial charge in [0, 0.05) is 36.4 Å². The van der Waals surface area contributed by atoms with Gasteiger partial charge in [-0.15, -0.1) is 0 Å². The number of aromatic nitrogens is 3. The molecule has 1 aliphatic carbocycles. The van der Waals surface area contributed by atoms with Crippen molar-refractivity contribution in [1.82, 2.24) is 25.4 Å². The SMILES string of the molecule is CC1[C@H]2N[C@@H](C[C@H]1Nc1cnn(CC(=O)NCc3ccncc3OCC#N)c(=O)c1Cl)C2(C)C. The quantitative estimate of drug-likeness (QED) is 0.514. The van der Waals surface area contributed by atoms with Crippen LogP contribution in [-0.4, -0.2) is 45.4 Å². The summed E-state index contributed by atoms with van der Waals surface area (Å²) in [6.45, 7) is 6.50. The lowest BCUT2D eigenvalue weighted by Crippen LogP contribution is -2.76. The number of piperidine rings is 1. The lowest BCUT2D eigenvalue weighted by molar-refractivity contribution is -0.122. The molecule has 11 heteroatoms. The van der Waals surface area contributed by atoms with E-state index < -0.39 is 11.5 Å². The van der Waals surface area contributed by atoms with Crippen molar-refractivity contribution in [2.24, 2.45) is 11.3 Å². The molecule has 2 aromatic rings. The van der Waals surface area contributed by atoms with Crippen molar-refractivity contribution in [2.75, 3.05) is 11.9 Å². The number of pyridine rings is 1. The molecule has 2 aromatic heterocycles. The van der Waals surface area contributed by atoms with E-state index in [4.69, 9.17) is 21.6 Å². The summed E-state index contributed by atoms with van der Waals surface area (Å²) >= 11 is 6.36. The topological polar surface area (TPSA) is 134 Å². The number of anilines is 1. The second kappa shape index (κ2) is 9.60. The second-order valence-corrected chi connectivity index (χ2v) is 9.78. The summed E-state index contributed by atoms with van der Waals surface area (Å²) in [6, 6.07) is 4.58. The zero-order valence-electron chi connectivity index (χ0n) is 19.3. The fraction of sp³-hybridized carbons (Fsp3) is 0.522. The van der Waals surface area contributed by atoms with E-state index in [1.165, 1.54) is 12.4 Å². The molecule has 3 aliphatic rings. The van der Waals surface area contributed by atoms with Gasteiger partial charge in [-0.3, -0.25) is 14.6 Å². The first-order valence-electron chi connectivity index (χ1n) is 11.2. The average Bonchev–Trinajstić information content (AvgIpc) is 2.82. The molecule has 0 radical (unpaired) electrons. The first-order chi connectivity index (χ1) is 16.2. The molecule has 34 heavy (non-hydrogen) atoms. The maximum atomic E-state index is 12.7. The third kappa shape index (κ3) is 4.58. The smallest absolute Gasteiger partial charge is 0.288 e. The van der Waals surface area contributed by atoms with Crippen molar-refractivity contribution in [3.05, 3.63) is 45.6 Å². The molecule has 10 nitrogen and oxygen atoms in total. The Morgan fingerprint density at radius 3 is 2.94 bits per heavy atom. The van der Waals surface area contributed by atoms with Gasteiger partial charge in [-0.05, 0) is 23.8 Å². The Morgan fingerprint density at radius 1 is 1.44 bits per heavy atom. The van der Waals surface area contributed by atoms with E-state index in [0.717, 1.165) is 11.1 Å². The molecular formula is C23H28ClN7O3. The number of amides is 1. The Bertz CT molecular complexity index is 1180. The van der Waals surface area contributed by atoms with Gasteiger partial charge in [-0.2, -0.15) is 10.4 Å². The molecule has 0 spiro atoms. The van der Waals surface area contributed by atoms with Gasteiger partial charge in [0.1, 0.15) is 23.4 Å². The van der Waals surface area contributed by atoms with Crippen LogP contribution in [-0.2, 0) is 17.9 Å². The zero-order valence-corrected chi connectivity index (χ0v) is 20.1. The van der Waals surface area contributed by atoms with Gasteiger partial charge >= 0.3 is 0 Å². The molecule has 5 rings (SSSR count). The van der Waals surface area contributed by atoms with E-state index in [0.29, 0.717) is 35.0 Å². The van der Waals surface area contributed by atoms with E-state index in [1.807, 2.05) is 6.07 Å². The number of halogens is 1. The van der Waals surface area contributed by atoms with Crippen LogP contribution in [0.4, 0.5) is 5.69 Å². The number of nitrogens with zero attached hydrogens (tertiary/aromatic N) is 4. The molecule has 4 atom stereocenters. The number of carbonyl (C=O) groups excluding carboxylic acids is 1. The lowest BCUT2D eigenvalue weighted by Gasteiger charge is -2.62. The normalized spacial score (nSPS) is 24.4. The summed E-state index contributed by atoms with van der Waals surface area (Å²) in [6.07, 6.45) is 5.47. The minimum atomic E-state index is -0.532. The van der Waals surface area contributed by atoms with Crippen LogP contribution in [0.5, 0.6) is 5.75 Å². The second-order valence-electron chi connectivity index (χ2n) is 9.41. The summed E-state index contributed by atoms with van der Waals surface area (Å²) in [7, 11) is 0. The summed E-state index contributed by atoms with van der Waals surface area (Å²) in [5, 5.41) is 22.6. The van der Waals surface area contributed by atoms with Crippen LogP contribution in [0.3, 0.4) is 0 Å². The third-order valence-corrected chi connectivity index (χ3v) is 7.35. The van der Waals surface area contributed by atoms with Crippen LogP contribution in [0, 0.1) is 22.7 Å². The van der Waals surface area contributed by atoms with Gasteiger partial charge in [0.2, 0.25) is 5.91 Å². The fourth-order valence-corrected chi connectivity index (χ4v) is 5.12. The Morgan fingerprint density at radius 2 is 2.24 bits per heavy atom. The molecule has 3 fully saturated rings. The van der Waals surface area contributed by atoms with E-state index in [9.17, 15) is 9.59 Å². The number of fused-ring (bicyclic) bond motifs is 2. The fourth-order valence-electron chi connectivity index (χ4n) is 4.92. The Labute approximate surface area is 202 Å². The number of rotatable bonds is 8. The van der Waals surface area contributed by atoms with Crippen LogP contribution in [0.25, 0.3) is 0 Å². The van der Waals surface area contributed by atoms with Crippen molar-refractivity contribution in [1.29, 1.82) is 5.26 Å². The van der Waals surface area contributed by atoms with E-state index in [-0.39, 0.29) is 36.2 Å². The number of hydrogen-bond acceptors (Lipinski definition) is 8. The molecule has 1 unspecified atom stereocenters. The summed E-state index contributed by atoms with van der Waals surface area (Å²) < 4.78 is 6.34. The molecule has 1 amide bonds. The van der Waals surface area contributed by atoms with Gasteiger partial charge in [-0.25, -0.2) is 4.68 Å². The molecule has 2 saturated heterocycles. The van der Waals surface area contributed by atoms with Crippen LogP contribution in [0.2, 0.25) is 5.02 Å². The highest BCUT2D eigenvalue weighted by atomic mass is 35.5. The molecule has 1 saturated carbocycles. The molecule has 0 aromatic carbocycles. The Hall–Kier alpha value is -3.16. The first-order valence-corrected chi connectivity index (χ1v) is 11.6. The van der Waals surface area contributed by atoms with Gasteiger partial charge in [0.05, 0.1) is 18.1 Å². The Balaban J connectivity index is 1.37. The van der Waals surface area contributed by atoms with Crippen molar-refractivity contribution in [3.8, 4) is 11.8 Å². The van der Waals surface area contributed by atoms with Gasteiger partial charge < -0.3 is 20.7 Å². The van der Waals surface area contributed by atoms with Crippen molar-refractivity contribution in [2.45, 2.75) is 58.4 Å². The monoisotopic (exact) mass is 485 g/mol.